The van der Waals surface area contributed by atoms with Crippen molar-refractivity contribution in [2.24, 2.45) is 5.41 Å². The summed E-state index contributed by atoms with van der Waals surface area (Å²) in [6.07, 6.45) is 17.5. The number of fused-ring (bicyclic) bond motifs is 12. The van der Waals surface area contributed by atoms with E-state index >= 15 is 0 Å². The molecule has 1 unspecified atom stereocenters. The molecule has 0 saturated heterocycles. The van der Waals surface area contributed by atoms with Crippen molar-refractivity contribution in [2.45, 2.75) is 222 Å². The van der Waals surface area contributed by atoms with Crippen LogP contribution in [0.2, 0.25) is 0 Å². The molecule has 8 rings (SSSR count). The van der Waals surface area contributed by atoms with Gasteiger partial charge in [-0.25, -0.2) is 0 Å². The molecule has 0 aromatic heterocycles. The third-order valence-electron chi connectivity index (χ3n) is 16.9. The molecular weight excluding hydrogens is 957 g/mol. The summed E-state index contributed by atoms with van der Waals surface area (Å²) in [5.74, 6) is 8.27. The lowest BCUT2D eigenvalue weighted by Crippen LogP contribution is -2.60. The van der Waals surface area contributed by atoms with Crippen molar-refractivity contribution in [3.8, 4) is 0 Å². The first kappa shape index (κ1) is 53.6. The van der Waals surface area contributed by atoms with E-state index < -0.39 is 0 Å². The molecule has 0 fully saturated rings. The molecule has 4 aromatic rings. The lowest BCUT2D eigenvalue weighted by atomic mass is 9.43. The minimum atomic E-state index is -0.256. The molecule has 0 radical (unpaired) electrons. The summed E-state index contributed by atoms with van der Waals surface area (Å²) in [4.78, 5) is 10.6. The highest BCUT2D eigenvalue weighted by atomic mass is 32.2. The minimum absolute atomic E-state index is 0.226. The molecule has 370 valence electrons. The van der Waals surface area contributed by atoms with E-state index in [9.17, 15) is 0 Å². The van der Waals surface area contributed by atoms with Crippen molar-refractivity contribution in [2.75, 3.05) is 40.3 Å². The Hall–Kier alpha value is -0.670. The van der Waals surface area contributed by atoms with Gasteiger partial charge in [0.05, 0.1) is 0 Å². The Morgan fingerprint density at radius 3 is 0.750 bits per heavy atom. The third-order valence-corrected chi connectivity index (χ3v) is 25.2. The molecule has 68 heavy (non-hydrogen) atoms. The molecular formula is C61H84S7. The van der Waals surface area contributed by atoms with Crippen LogP contribution in [0.4, 0.5) is 0 Å². The molecule has 5 atom stereocenters. The Labute approximate surface area is 445 Å². The maximum Gasteiger partial charge on any atom is 0.0273 e. The fourth-order valence-corrected chi connectivity index (χ4v) is 22.2. The minimum Gasteiger partial charge on any atom is -0.126 e. The summed E-state index contributed by atoms with van der Waals surface area (Å²) in [5, 5.41) is 0. The average Bonchev–Trinajstić information content (AvgIpc) is 3.81. The van der Waals surface area contributed by atoms with Gasteiger partial charge in [0.15, 0.2) is 0 Å². The maximum absolute atomic E-state index is 2.81. The zero-order valence-electron chi connectivity index (χ0n) is 43.9. The first-order chi connectivity index (χ1) is 33.0. The molecule has 0 aliphatic heterocycles. The topological polar surface area (TPSA) is 0 Å². The molecule has 4 aromatic carbocycles. The summed E-state index contributed by atoms with van der Waals surface area (Å²) >= 11 is 15.0. The highest BCUT2D eigenvalue weighted by molar-refractivity contribution is 8.03. The average molecular weight is 1040 g/mol. The zero-order valence-corrected chi connectivity index (χ0v) is 49.6. The van der Waals surface area contributed by atoms with Crippen molar-refractivity contribution in [1.82, 2.24) is 0 Å². The van der Waals surface area contributed by atoms with Gasteiger partial charge in [0.25, 0.3) is 0 Å². The van der Waals surface area contributed by atoms with Crippen LogP contribution in [0.1, 0.15) is 211 Å². The molecule has 0 amide bonds. The van der Waals surface area contributed by atoms with Crippen LogP contribution in [-0.4, -0.2) is 40.3 Å². The Morgan fingerprint density at radius 1 is 0.279 bits per heavy atom. The zero-order chi connectivity index (χ0) is 48.3. The molecule has 7 heteroatoms. The second-order valence-corrected chi connectivity index (χ2v) is 28.9. The smallest absolute Gasteiger partial charge is 0.0273 e. The SMILES string of the molecule is CCCCSc1ccc2c(c1)[C@@]1(C)c3cc(SCCCC)c(SCCCC)cc3[C@]3(C)c4cc(SCCCC)c(SCCCC)cc4[C@@]4(C)c5cc(SCCCC)c(SCCCC)cc5[C@@]2(C)C431. The van der Waals surface area contributed by atoms with Gasteiger partial charge in [-0.2, -0.15) is 0 Å². The summed E-state index contributed by atoms with van der Waals surface area (Å²) in [6.45, 7) is 27.7. The highest BCUT2D eigenvalue weighted by Crippen LogP contribution is 2.90. The first-order valence-corrected chi connectivity index (χ1v) is 34.0. The standard InChI is InChI=1S/C61H84S7/c1-12-19-28-62-42-26-27-43-44(35-42)58(9)47-38-53(65-31-22-15-4)54(66-32-23-16-5)39-48(47)60(11)50-41-56(68-34-25-18-7)55(67-33-24-17-6)40-49(50)59(10)46-37-52(64-30-21-14-3)51(63-29-20-13-2)36-45(46)57(43,8)61(58,59)60/h26-27,35-41H,12-25,28-34H2,1-11H3/t57-,58-,59+,60+,61?/m0/s1. The van der Waals surface area contributed by atoms with Gasteiger partial charge in [-0.05, 0) is 178 Å². The largest absolute Gasteiger partial charge is 0.126 e. The highest BCUT2D eigenvalue weighted by Gasteiger charge is 2.89. The van der Waals surface area contributed by atoms with Crippen LogP contribution in [-0.2, 0) is 21.7 Å². The maximum atomic E-state index is 2.81. The van der Waals surface area contributed by atoms with E-state index in [0.717, 1.165) is 0 Å². The third kappa shape index (κ3) is 8.41. The molecule has 1 spiro atoms. The van der Waals surface area contributed by atoms with Gasteiger partial charge in [0.1, 0.15) is 0 Å². The van der Waals surface area contributed by atoms with Gasteiger partial charge >= 0.3 is 0 Å². The van der Waals surface area contributed by atoms with E-state index in [-0.39, 0.29) is 27.1 Å². The van der Waals surface area contributed by atoms with E-state index in [1.165, 1.54) is 164 Å². The first-order valence-electron chi connectivity index (χ1n) is 27.1. The van der Waals surface area contributed by atoms with Crippen LogP contribution in [0.25, 0.3) is 0 Å². The number of benzene rings is 4. The monoisotopic (exact) mass is 1040 g/mol. The van der Waals surface area contributed by atoms with E-state index in [2.05, 4.69) is 213 Å². The Kier molecular flexibility index (Phi) is 18.0. The summed E-state index contributed by atoms with van der Waals surface area (Å²) < 4.78 is 0. The van der Waals surface area contributed by atoms with E-state index in [4.69, 9.17) is 0 Å². The van der Waals surface area contributed by atoms with Gasteiger partial charge < -0.3 is 0 Å². The van der Waals surface area contributed by atoms with Crippen LogP contribution in [0.15, 0.2) is 88.9 Å². The fourth-order valence-electron chi connectivity index (χ4n) is 13.8. The number of hydrogen-bond acceptors (Lipinski definition) is 7. The van der Waals surface area contributed by atoms with E-state index in [1.807, 2.05) is 0 Å². The van der Waals surface area contributed by atoms with Crippen LogP contribution < -0.4 is 0 Å². The predicted molar refractivity (Wildman–Crippen MR) is 313 cm³/mol. The summed E-state index contributed by atoms with van der Waals surface area (Å²) in [7, 11) is 0. The van der Waals surface area contributed by atoms with Crippen LogP contribution in [0, 0.1) is 5.41 Å². The van der Waals surface area contributed by atoms with Gasteiger partial charge in [0.2, 0.25) is 0 Å². The number of hydrogen-bond donors (Lipinski definition) is 0. The second kappa shape index (κ2) is 22.8. The van der Waals surface area contributed by atoms with Crippen molar-refractivity contribution < 1.29 is 0 Å². The molecule has 0 saturated carbocycles. The van der Waals surface area contributed by atoms with Crippen LogP contribution in [0.5, 0.6) is 0 Å². The molecule has 4 aliphatic carbocycles. The summed E-state index contributed by atoms with van der Waals surface area (Å²) in [6, 6.07) is 24.8. The van der Waals surface area contributed by atoms with Crippen molar-refractivity contribution in [1.29, 1.82) is 0 Å². The van der Waals surface area contributed by atoms with Crippen molar-refractivity contribution in [3.05, 3.63) is 99.1 Å². The second-order valence-electron chi connectivity index (χ2n) is 20.9. The van der Waals surface area contributed by atoms with E-state index in [0.29, 0.717) is 0 Å². The van der Waals surface area contributed by atoms with Crippen molar-refractivity contribution >= 4 is 82.3 Å². The number of unbranched alkanes of at least 4 members (excludes halogenated alkanes) is 7. The lowest BCUT2D eigenvalue weighted by molar-refractivity contribution is 0.0251. The Balaban J connectivity index is 1.52. The fraction of sp³-hybridized carbons (Fsp3) is 0.607. The quantitative estimate of drug-likeness (QED) is 0.0405. The van der Waals surface area contributed by atoms with Crippen LogP contribution >= 0.6 is 82.3 Å². The van der Waals surface area contributed by atoms with Gasteiger partial charge in [-0.1, -0.05) is 127 Å². The van der Waals surface area contributed by atoms with Gasteiger partial charge in [-0.3, -0.25) is 0 Å². The molecule has 0 heterocycles. The Morgan fingerprint density at radius 2 is 0.500 bits per heavy atom. The van der Waals surface area contributed by atoms with Crippen LogP contribution in [0.3, 0.4) is 0 Å². The molecule has 0 nitrogen and oxygen atoms in total. The normalized spacial score (nSPS) is 24.6. The predicted octanol–water partition coefficient (Wildman–Crippen LogP) is 20.5. The van der Waals surface area contributed by atoms with E-state index in [1.54, 1.807) is 44.5 Å². The lowest BCUT2D eigenvalue weighted by Gasteiger charge is -2.57. The summed E-state index contributed by atoms with van der Waals surface area (Å²) in [5.41, 5.74) is 11.7. The number of thioether (sulfide) groups is 7. The number of rotatable bonds is 28. The van der Waals surface area contributed by atoms with Gasteiger partial charge in [-0.15, -0.1) is 82.3 Å². The Bertz CT molecular complexity index is 2340. The molecule has 0 N–H and O–H groups in total. The van der Waals surface area contributed by atoms with Gasteiger partial charge in [0, 0.05) is 61.3 Å². The van der Waals surface area contributed by atoms with Crippen molar-refractivity contribution in [3.63, 3.8) is 0 Å². The molecule has 4 aliphatic rings. The molecule has 0 bridgehead atoms.